The molecule has 0 saturated carbocycles. The third-order valence-electron chi connectivity index (χ3n) is 4.76. The Bertz CT molecular complexity index is 520. The number of carbonyl (C=O) groups excluding carboxylic acids is 1. The lowest BCUT2D eigenvalue weighted by molar-refractivity contribution is -0.142. The number of carbonyl (C=O) groups is 1. The molecular formula is C17H25BO4. The molecule has 0 N–H and O–H groups in total. The van der Waals surface area contributed by atoms with Crippen LogP contribution in [0.1, 0.15) is 52.5 Å². The van der Waals surface area contributed by atoms with Crippen LogP contribution in [-0.4, -0.2) is 31.4 Å². The zero-order valence-electron chi connectivity index (χ0n) is 14.3. The molecule has 1 heterocycles. The Morgan fingerprint density at radius 1 is 1.14 bits per heavy atom. The Labute approximate surface area is 133 Å². The summed E-state index contributed by atoms with van der Waals surface area (Å²) in [5.41, 5.74) is 1.21. The Morgan fingerprint density at radius 3 is 2.05 bits per heavy atom. The van der Waals surface area contributed by atoms with Gasteiger partial charge in [-0.1, -0.05) is 31.2 Å². The molecule has 5 heteroatoms. The standard InChI is InChI=1S/C17H25BO4/c1-7-14(15(19)20-6)12-8-10-13(11-9-12)18-21-16(2,3)17(4,5)22-18/h8-11,14H,7H2,1-6H3. The van der Waals surface area contributed by atoms with Crippen molar-refractivity contribution in [1.82, 2.24) is 0 Å². The molecule has 0 aliphatic carbocycles. The highest BCUT2D eigenvalue weighted by molar-refractivity contribution is 6.62. The number of methoxy groups -OCH3 is 1. The molecule has 0 amide bonds. The van der Waals surface area contributed by atoms with E-state index in [9.17, 15) is 4.79 Å². The van der Waals surface area contributed by atoms with E-state index in [4.69, 9.17) is 14.0 Å². The zero-order valence-corrected chi connectivity index (χ0v) is 14.3. The van der Waals surface area contributed by atoms with Gasteiger partial charge in [0, 0.05) is 0 Å². The van der Waals surface area contributed by atoms with E-state index in [1.54, 1.807) is 0 Å². The monoisotopic (exact) mass is 304 g/mol. The molecule has 1 atom stereocenters. The largest absolute Gasteiger partial charge is 0.494 e. The molecule has 1 fully saturated rings. The van der Waals surface area contributed by atoms with Gasteiger partial charge >= 0.3 is 13.1 Å². The lowest BCUT2D eigenvalue weighted by Gasteiger charge is -2.32. The molecule has 0 aromatic heterocycles. The normalized spacial score (nSPS) is 20.7. The van der Waals surface area contributed by atoms with E-state index in [0.29, 0.717) is 6.42 Å². The van der Waals surface area contributed by atoms with E-state index >= 15 is 0 Å². The van der Waals surface area contributed by atoms with Crippen molar-refractivity contribution in [3.8, 4) is 0 Å². The molecule has 1 aliphatic rings. The first-order chi connectivity index (χ1) is 10.2. The third kappa shape index (κ3) is 3.06. The van der Waals surface area contributed by atoms with Gasteiger partial charge in [0.05, 0.1) is 24.2 Å². The van der Waals surface area contributed by atoms with Crippen molar-refractivity contribution in [2.24, 2.45) is 0 Å². The van der Waals surface area contributed by atoms with Crippen LogP contribution in [-0.2, 0) is 18.8 Å². The van der Waals surface area contributed by atoms with E-state index < -0.39 is 0 Å². The van der Waals surface area contributed by atoms with Gasteiger partial charge in [-0.2, -0.15) is 0 Å². The molecule has 1 saturated heterocycles. The molecule has 0 radical (unpaired) electrons. The molecule has 4 nitrogen and oxygen atoms in total. The van der Waals surface area contributed by atoms with E-state index in [1.165, 1.54) is 7.11 Å². The number of rotatable bonds is 4. The summed E-state index contributed by atoms with van der Waals surface area (Å²) in [5, 5.41) is 0. The zero-order chi connectivity index (χ0) is 16.5. The first kappa shape index (κ1) is 17.0. The molecule has 2 rings (SSSR count). The smallest absolute Gasteiger partial charge is 0.469 e. The van der Waals surface area contributed by atoms with Crippen LogP contribution in [0, 0.1) is 0 Å². The van der Waals surface area contributed by atoms with Gasteiger partial charge in [-0.05, 0) is 45.1 Å². The van der Waals surface area contributed by atoms with Crippen molar-refractivity contribution >= 4 is 18.6 Å². The topological polar surface area (TPSA) is 44.8 Å². The van der Waals surface area contributed by atoms with Gasteiger partial charge in [0.25, 0.3) is 0 Å². The van der Waals surface area contributed by atoms with Crippen LogP contribution in [0.15, 0.2) is 24.3 Å². The van der Waals surface area contributed by atoms with E-state index in [1.807, 2.05) is 58.9 Å². The summed E-state index contributed by atoms with van der Waals surface area (Å²) in [7, 11) is 1.04. The summed E-state index contributed by atoms with van der Waals surface area (Å²) in [6.07, 6.45) is 0.711. The summed E-state index contributed by atoms with van der Waals surface area (Å²) in [6.45, 7) is 10.1. The molecule has 0 bridgehead atoms. The molecule has 120 valence electrons. The highest BCUT2D eigenvalue weighted by Crippen LogP contribution is 2.36. The van der Waals surface area contributed by atoms with E-state index in [0.717, 1.165) is 11.0 Å². The summed E-state index contributed by atoms with van der Waals surface area (Å²) in [6, 6.07) is 7.82. The molecule has 1 aliphatic heterocycles. The second-order valence-electron chi connectivity index (χ2n) is 6.74. The second kappa shape index (κ2) is 6.05. The summed E-state index contributed by atoms with van der Waals surface area (Å²) in [5.74, 6) is -0.428. The number of hydrogen-bond donors (Lipinski definition) is 0. The quantitative estimate of drug-likeness (QED) is 0.634. The first-order valence-electron chi connectivity index (χ1n) is 7.75. The lowest BCUT2D eigenvalue weighted by Crippen LogP contribution is -2.41. The van der Waals surface area contributed by atoms with Crippen LogP contribution < -0.4 is 5.46 Å². The van der Waals surface area contributed by atoms with Gasteiger partial charge in [0.15, 0.2) is 0 Å². The lowest BCUT2D eigenvalue weighted by atomic mass is 9.78. The van der Waals surface area contributed by atoms with Crippen molar-refractivity contribution in [3.05, 3.63) is 29.8 Å². The van der Waals surface area contributed by atoms with Gasteiger partial charge < -0.3 is 14.0 Å². The minimum Gasteiger partial charge on any atom is -0.469 e. The fourth-order valence-electron chi connectivity index (χ4n) is 2.55. The average molecular weight is 304 g/mol. The van der Waals surface area contributed by atoms with Crippen molar-refractivity contribution in [3.63, 3.8) is 0 Å². The molecule has 1 aromatic rings. The Balaban J connectivity index is 2.18. The van der Waals surface area contributed by atoms with Gasteiger partial charge in [-0.15, -0.1) is 0 Å². The van der Waals surface area contributed by atoms with Crippen LogP contribution in [0.3, 0.4) is 0 Å². The summed E-state index contributed by atoms with van der Waals surface area (Å²) in [4.78, 5) is 11.8. The maximum absolute atomic E-state index is 11.8. The molecule has 1 aromatic carbocycles. The highest BCUT2D eigenvalue weighted by Gasteiger charge is 2.51. The van der Waals surface area contributed by atoms with Crippen molar-refractivity contribution in [2.45, 2.75) is 58.2 Å². The van der Waals surface area contributed by atoms with Crippen LogP contribution in [0.2, 0.25) is 0 Å². The van der Waals surface area contributed by atoms with Crippen molar-refractivity contribution in [2.75, 3.05) is 7.11 Å². The minimum atomic E-state index is -0.378. The minimum absolute atomic E-state index is 0.203. The summed E-state index contributed by atoms with van der Waals surface area (Å²) < 4.78 is 16.9. The second-order valence-corrected chi connectivity index (χ2v) is 6.74. The first-order valence-corrected chi connectivity index (χ1v) is 7.75. The Morgan fingerprint density at radius 2 is 1.64 bits per heavy atom. The predicted octanol–water partition coefficient (Wildman–Crippen LogP) is 2.65. The number of esters is 1. The summed E-state index contributed by atoms with van der Waals surface area (Å²) >= 11 is 0. The molecule has 22 heavy (non-hydrogen) atoms. The van der Waals surface area contributed by atoms with Crippen molar-refractivity contribution in [1.29, 1.82) is 0 Å². The van der Waals surface area contributed by atoms with E-state index in [-0.39, 0.29) is 30.2 Å². The van der Waals surface area contributed by atoms with Crippen molar-refractivity contribution < 1.29 is 18.8 Å². The predicted molar refractivity (Wildman–Crippen MR) is 87.2 cm³/mol. The molecular weight excluding hydrogens is 279 g/mol. The maximum Gasteiger partial charge on any atom is 0.494 e. The average Bonchev–Trinajstić information content (AvgIpc) is 2.68. The number of hydrogen-bond acceptors (Lipinski definition) is 4. The maximum atomic E-state index is 11.8. The van der Waals surface area contributed by atoms with Crippen LogP contribution in [0.4, 0.5) is 0 Å². The van der Waals surface area contributed by atoms with Crippen LogP contribution >= 0.6 is 0 Å². The Hall–Kier alpha value is -1.33. The van der Waals surface area contributed by atoms with Gasteiger partial charge in [0.1, 0.15) is 0 Å². The SMILES string of the molecule is CCC(C(=O)OC)c1ccc(B2OC(C)(C)C(C)(C)O2)cc1. The third-order valence-corrected chi connectivity index (χ3v) is 4.76. The van der Waals surface area contributed by atoms with E-state index in [2.05, 4.69) is 0 Å². The number of ether oxygens (including phenoxy) is 1. The fourth-order valence-corrected chi connectivity index (χ4v) is 2.55. The number of benzene rings is 1. The van der Waals surface area contributed by atoms with Gasteiger partial charge in [-0.25, -0.2) is 0 Å². The van der Waals surface area contributed by atoms with Gasteiger partial charge in [0.2, 0.25) is 0 Å². The fraction of sp³-hybridized carbons (Fsp3) is 0.588. The van der Waals surface area contributed by atoms with Crippen LogP contribution in [0.25, 0.3) is 0 Å². The molecule has 1 unspecified atom stereocenters. The molecule has 0 spiro atoms. The van der Waals surface area contributed by atoms with Crippen LogP contribution in [0.5, 0.6) is 0 Å². The highest BCUT2D eigenvalue weighted by atomic mass is 16.7. The Kier molecular flexibility index (Phi) is 4.69. The van der Waals surface area contributed by atoms with Gasteiger partial charge in [-0.3, -0.25) is 4.79 Å².